The largest absolute Gasteiger partial charge is 0.497 e. The van der Waals surface area contributed by atoms with Crippen LogP contribution in [0.1, 0.15) is 10.8 Å². The number of fused-ring (bicyclic) bond motifs is 1. The van der Waals surface area contributed by atoms with Gasteiger partial charge in [-0.25, -0.2) is 0 Å². The number of thioether (sulfide) groups is 1. The number of carbonyl (C=O) groups excluding carboxylic acids is 1. The van der Waals surface area contributed by atoms with E-state index in [2.05, 4.69) is 5.32 Å². The maximum atomic E-state index is 13.0. The SMILES string of the molecule is CNCCN1C(=O)[C@H](O)[C@H](c2ccc(OC)cc2)Sc2cc(Cl)ccc21. The molecule has 0 fully saturated rings. The van der Waals surface area contributed by atoms with E-state index in [0.29, 0.717) is 18.1 Å². The lowest BCUT2D eigenvalue weighted by Gasteiger charge is -2.25. The maximum Gasteiger partial charge on any atom is 0.257 e. The maximum absolute atomic E-state index is 13.0. The Labute approximate surface area is 162 Å². The van der Waals surface area contributed by atoms with Crippen LogP contribution in [-0.4, -0.2) is 44.4 Å². The summed E-state index contributed by atoms with van der Waals surface area (Å²) < 4.78 is 5.19. The molecule has 1 amide bonds. The number of likely N-dealkylation sites (N-methyl/N-ethyl adjacent to an activating group) is 1. The topological polar surface area (TPSA) is 61.8 Å². The molecule has 1 aliphatic rings. The first-order valence-electron chi connectivity index (χ1n) is 8.29. The van der Waals surface area contributed by atoms with Gasteiger partial charge in [-0.1, -0.05) is 23.7 Å². The second-order valence-electron chi connectivity index (χ2n) is 5.96. The normalized spacial score (nSPS) is 19.8. The fourth-order valence-corrected chi connectivity index (χ4v) is 4.46. The molecule has 2 aromatic carbocycles. The predicted octanol–water partition coefficient (Wildman–Crippen LogP) is 3.11. The molecule has 0 saturated heterocycles. The summed E-state index contributed by atoms with van der Waals surface area (Å²) in [6.07, 6.45) is -1.16. The van der Waals surface area contributed by atoms with Crippen LogP contribution in [-0.2, 0) is 4.79 Å². The molecule has 0 unspecified atom stereocenters. The van der Waals surface area contributed by atoms with Gasteiger partial charge in [0.15, 0.2) is 0 Å². The van der Waals surface area contributed by atoms with Crippen LogP contribution in [0.2, 0.25) is 5.02 Å². The molecule has 2 atom stereocenters. The average Bonchev–Trinajstić information content (AvgIpc) is 2.76. The summed E-state index contributed by atoms with van der Waals surface area (Å²) in [6.45, 7) is 1.09. The number of anilines is 1. The Morgan fingerprint density at radius 2 is 2.00 bits per heavy atom. The molecule has 1 heterocycles. The molecular weight excluding hydrogens is 372 g/mol. The number of benzene rings is 2. The lowest BCUT2D eigenvalue weighted by Crippen LogP contribution is -2.43. The number of amides is 1. The number of nitrogens with zero attached hydrogens (tertiary/aromatic N) is 1. The zero-order chi connectivity index (χ0) is 18.7. The smallest absolute Gasteiger partial charge is 0.257 e. The van der Waals surface area contributed by atoms with E-state index in [4.69, 9.17) is 16.3 Å². The van der Waals surface area contributed by atoms with Crippen LogP contribution in [0.5, 0.6) is 5.75 Å². The summed E-state index contributed by atoms with van der Waals surface area (Å²) in [5, 5.41) is 14.0. The first-order valence-corrected chi connectivity index (χ1v) is 9.55. The fourth-order valence-electron chi connectivity index (χ4n) is 2.91. The number of rotatable bonds is 5. The molecule has 26 heavy (non-hydrogen) atoms. The molecule has 138 valence electrons. The molecule has 2 aromatic rings. The Kier molecular flexibility index (Phi) is 6.09. The van der Waals surface area contributed by atoms with Gasteiger partial charge in [0.2, 0.25) is 0 Å². The van der Waals surface area contributed by atoms with E-state index >= 15 is 0 Å². The van der Waals surface area contributed by atoms with Crippen LogP contribution in [0.3, 0.4) is 0 Å². The molecular formula is C19H21ClN2O3S. The molecule has 3 rings (SSSR count). The van der Waals surface area contributed by atoms with Gasteiger partial charge in [-0.3, -0.25) is 4.79 Å². The number of ether oxygens (including phenoxy) is 1. The lowest BCUT2D eigenvalue weighted by molar-refractivity contribution is -0.126. The minimum absolute atomic E-state index is 0.311. The van der Waals surface area contributed by atoms with Crippen molar-refractivity contribution in [3.05, 3.63) is 53.1 Å². The van der Waals surface area contributed by atoms with Crippen molar-refractivity contribution >= 4 is 35.0 Å². The van der Waals surface area contributed by atoms with Crippen LogP contribution in [0.15, 0.2) is 47.4 Å². The van der Waals surface area contributed by atoms with E-state index < -0.39 is 11.4 Å². The summed E-state index contributed by atoms with van der Waals surface area (Å²) >= 11 is 7.63. The van der Waals surface area contributed by atoms with Gasteiger partial charge >= 0.3 is 0 Å². The summed E-state index contributed by atoms with van der Waals surface area (Å²) in [5.74, 6) is 0.418. The van der Waals surface area contributed by atoms with Crippen LogP contribution < -0.4 is 15.0 Å². The Bertz CT molecular complexity index is 785. The van der Waals surface area contributed by atoms with Gasteiger partial charge in [-0.05, 0) is 42.9 Å². The van der Waals surface area contributed by atoms with Gasteiger partial charge in [0.25, 0.3) is 5.91 Å². The van der Waals surface area contributed by atoms with Crippen LogP contribution in [0.4, 0.5) is 5.69 Å². The lowest BCUT2D eigenvalue weighted by atomic mass is 10.1. The van der Waals surface area contributed by atoms with E-state index in [9.17, 15) is 9.90 Å². The van der Waals surface area contributed by atoms with Gasteiger partial charge in [0.1, 0.15) is 11.9 Å². The fraction of sp³-hybridized carbons (Fsp3) is 0.316. The van der Waals surface area contributed by atoms with E-state index in [1.165, 1.54) is 11.8 Å². The number of aliphatic hydroxyl groups is 1. The molecule has 7 heteroatoms. The van der Waals surface area contributed by atoms with E-state index in [1.807, 2.05) is 43.4 Å². The minimum Gasteiger partial charge on any atom is -0.497 e. The Hall–Kier alpha value is -1.73. The van der Waals surface area contributed by atoms with Crippen LogP contribution >= 0.6 is 23.4 Å². The van der Waals surface area contributed by atoms with Crippen molar-refractivity contribution in [2.75, 3.05) is 32.1 Å². The molecule has 0 radical (unpaired) electrons. The summed E-state index contributed by atoms with van der Waals surface area (Å²) in [7, 11) is 3.43. The molecule has 0 aromatic heterocycles. The third-order valence-corrected chi connectivity index (χ3v) is 5.90. The first kappa shape index (κ1) is 19.0. The highest BCUT2D eigenvalue weighted by molar-refractivity contribution is 7.99. The van der Waals surface area contributed by atoms with Gasteiger partial charge in [-0.15, -0.1) is 11.8 Å². The highest BCUT2D eigenvalue weighted by Gasteiger charge is 2.37. The predicted molar refractivity (Wildman–Crippen MR) is 105 cm³/mol. The minimum atomic E-state index is -1.16. The average molecular weight is 393 g/mol. The van der Waals surface area contributed by atoms with Crippen molar-refractivity contribution < 1.29 is 14.6 Å². The molecule has 5 nitrogen and oxygen atoms in total. The third-order valence-electron chi connectivity index (χ3n) is 4.30. The molecule has 0 saturated carbocycles. The summed E-state index contributed by atoms with van der Waals surface area (Å²) in [5.41, 5.74) is 1.63. The summed E-state index contributed by atoms with van der Waals surface area (Å²) in [6, 6.07) is 12.9. The molecule has 0 aliphatic carbocycles. The molecule has 0 bridgehead atoms. The number of halogens is 1. The highest BCUT2D eigenvalue weighted by atomic mass is 35.5. The van der Waals surface area contributed by atoms with Crippen molar-refractivity contribution in [2.45, 2.75) is 16.2 Å². The zero-order valence-electron chi connectivity index (χ0n) is 14.6. The highest BCUT2D eigenvalue weighted by Crippen LogP contribution is 2.46. The van der Waals surface area contributed by atoms with Crippen molar-refractivity contribution in [1.29, 1.82) is 0 Å². The Morgan fingerprint density at radius 3 is 2.65 bits per heavy atom. The van der Waals surface area contributed by atoms with Crippen molar-refractivity contribution in [1.82, 2.24) is 5.32 Å². The van der Waals surface area contributed by atoms with Gasteiger partial charge in [0, 0.05) is 23.0 Å². The van der Waals surface area contributed by atoms with Gasteiger partial charge in [-0.2, -0.15) is 0 Å². The van der Waals surface area contributed by atoms with E-state index in [1.54, 1.807) is 18.1 Å². The number of aliphatic hydroxyl groups excluding tert-OH is 1. The number of methoxy groups -OCH3 is 1. The first-order chi connectivity index (χ1) is 12.5. The van der Waals surface area contributed by atoms with Gasteiger partial charge in [0.05, 0.1) is 18.0 Å². The number of carbonyl (C=O) groups is 1. The summed E-state index contributed by atoms with van der Waals surface area (Å²) in [4.78, 5) is 15.5. The zero-order valence-corrected chi connectivity index (χ0v) is 16.2. The third kappa shape index (κ3) is 3.83. The standard InChI is InChI=1S/C19H21ClN2O3S/c1-21-9-10-22-15-8-5-13(20)11-16(15)26-18(17(23)19(22)24)12-3-6-14(25-2)7-4-12/h3-8,11,17-18,21,23H,9-10H2,1-2H3/t17-,18+/m1/s1. The number of nitrogens with one attached hydrogen (secondary N) is 1. The monoisotopic (exact) mass is 392 g/mol. The molecule has 1 aliphatic heterocycles. The number of hydrogen-bond acceptors (Lipinski definition) is 5. The Morgan fingerprint density at radius 1 is 1.27 bits per heavy atom. The van der Waals surface area contributed by atoms with Crippen LogP contribution in [0, 0.1) is 0 Å². The van der Waals surface area contributed by atoms with Crippen molar-refractivity contribution in [2.24, 2.45) is 0 Å². The second kappa shape index (κ2) is 8.31. The second-order valence-corrected chi connectivity index (χ2v) is 7.58. The number of hydrogen-bond donors (Lipinski definition) is 2. The van der Waals surface area contributed by atoms with Crippen LogP contribution in [0.25, 0.3) is 0 Å². The van der Waals surface area contributed by atoms with Gasteiger partial charge < -0.3 is 20.1 Å². The van der Waals surface area contributed by atoms with E-state index in [0.717, 1.165) is 21.9 Å². The molecule has 2 N–H and O–H groups in total. The Balaban J connectivity index is 2.02. The van der Waals surface area contributed by atoms with E-state index in [-0.39, 0.29) is 5.91 Å². The quantitative estimate of drug-likeness (QED) is 0.818. The van der Waals surface area contributed by atoms with Crippen molar-refractivity contribution in [3.8, 4) is 5.75 Å². The van der Waals surface area contributed by atoms with Crippen molar-refractivity contribution in [3.63, 3.8) is 0 Å². The molecule has 0 spiro atoms.